The van der Waals surface area contributed by atoms with E-state index in [1.807, 2.05) is 48.7 Å². The number of rotatable bonds is 5. The van der Waals surface area contributed by atoms with Crippen LogP contribution in [-0.2, 0) is 4.79 Å². The number of anilines is 1. The lowest BCUT2D eigenvalue weighted by molar-refractivity contribution is -0.148. The molecule has 1 N–H and O–H groups in total. The molecule has 3 amide bonds. The van der Waals surface area contributed by atoms with E-state index in [-0.39, 0.29) is 6.03 Å². The van der Waals surface area contributed by atoms with E-state index in [1.165, 1.54) is 4.90 Å². The van der Waals surface area contributed by atoms with Gasteiger partial charge in [0.2, 0.25) is 5.91 Å². The van der Waals surface area contributed by atoms with E-state index in [9.17, 15) is 22.8 Å². The number of aromatic nitrogens is 1. The highest BCUT2D eigenvalue weighted by molar-refractivity contribution is 5.90. The van der Waals surface area contributed by atoms with Gasteiger partial charge in [-0.25, -0.2) is 4.79 Å². The maximum Gasteiger partial charge on any atom is 0.389 e. The summed E-state index contributed by atoms with van der Waals surface area (Å²) in [6, 6.07) is 11.2. The van der Waals surface area contributed by atoms with Gasteiger partial charge in [-0.3, -0.25) is 9.78 Å². The molecule has 2 aromatic rings. The fourth-order valence-electron chi connectivity index (χ4n) is 4.01. The Morgan fingerprint density at radius 2 is 1.85 bits per heavy atom. The van der Waals surface area contributed by atoms with Gasteiger partial charge in [-0.1, -0.05) is 24.3 Å². The Kier molecular flexibility index (Phi) is 6.67. The molecule has 0 saturated carbocycles. The fourth-order valence-corrected chi connectivity index (χ4v) is 4.01. The Morgan fingerprint density at radius 3 is 2.45 bits per heavy atom. The fraction of sp³-hybridized carbons (Fsp3) is 0.375. The van der Waals surface area contributed by atoms with Crippen LogP contribution in [-0.4, -0.2) is 59.1 Å². The summed E-state index contributed by atoms with van der Waals surface area (Å²) >= 11 is 0. The first-order valence-corrected chi connectivity index (χ1v) is 10.9. The minimum absolute atomic E-state index is 0.146. The lowest BCUT2D eigenvalue weighted by atomic mass is 9.93. The molecule has 0 radical (unpaired) electrons. The van der Waals surface area contributed by atoms with Gasteiger partial charge >= 0.3 is 12.2 Å². The summed E-state index contributed by atoms with van der Waals surface area (Å²) in [7, 11) is 0. The molecule has 33 heavy (non-hydrogen) atoms. The maximum atomic E-state index is 12.5. The molecule has 0 atom stereocenters. The summed E-state index contributed by atoms with van der Waals surface area (Å²) in [5.74, 6) is -0.164. The van der Waals surface area contributed by atoms with Crippen LogP contribution in [0.25, 0.3) is 5.57 Å². The summed E-state index contributed by atoms with van der Waals surface area (Å²) in [6.45, 7) is 2.01. The SMILES string of the molecule is O=C(CCC(F)(F)F)N1CC=C(c2ccc(NC(=O)N3CC(c4cccnc4)C3)cc2)CC1. The lowest BCUT2D eigenvalue weighted by Gasteiger charge is -2.39. The van der Waals surface area contributed by atoms with Crippen LogP contribution < -0.4 is 5.32 Å². The Hall–Kier alpha value is -3.36. The third-order valence-electron chi connectivity index (χ3n) is 6.02. The number of urea groups is 1. The van der Waals surface area contributed by atoms with E-state index in [0.717, 1.165) is 16.7 Å². The maximum absolute atomic E-state index is 12.5. The second kappa shape index (κ2) is 9.64. The Labute approximate surface area is 190 Å². The van der Waals surface area contributed by atoms with E-state index in [4.69, 9.17) is 0 Å². The molecule has 2 aliphatic heterocycles. The highest BCUT2D eigenvalue weighted by Crippen LogP contribution is 2.28. The summed E-state index contributed by atoms with van der Waals surface area (Å²) in [5, 5.41) is 2.90. The zero-order valence-electron chi connectivity index (χ0n) is 18.0. The molecule has 4 rings (SSSR count). The van der Waals surface area contributed by atoms with Crippen molar-refractivity contribution in [3.05, 3.63) is 66.0 Å². The number of alkyl halides is 3. The first-order valence-electron chi connectivity index (χ1n) is 10.9. The summed E-state index contributed by atoms with van der Waals surface area (Å²) in [5.41, 5.74) is 3.83. The number of likely N-dealkylation sites (tertiary alicyclic amines) is 1. The number of pyridine rings is 1. The van der Waals surface area contributed by atoms with Crippen molar-refractivity contribution in [2.24, 2.45) is 0 Å². The lowest BCUT2D eigenvalue weighted by Crippen LogP contribution is -2.50. The quantitative estimate of drug-likeness (QED) is 0.708. The van der Waals surface area contributed by atoms with E-state index < -0.39 is 24.9 Å². The molecule has 6 nitrogen and oxygen atoms in total. The van der Waals surface area contributed by atoms with Gasteiger partial charge in [0.05, 0.1) is 6.42 Å². The Balaban J connectivity index is 1.25. The number of carbonyl (C=O) groups excluding carboxylic acids is 2. The zero-order chi connectivity index (χ0) is 23.4. The Bertz CT molecular complexity index is 1020. The third-order valence-corrected chi connectivity index (χ3v) is 6.02. The van der Waals surface area contributed by atoms with Crippen LogP contribution in [0.3, 0.4) is 0 Å². The van der Waals surface area contributed by atoms with Crippen LogP contribution in [0.2, 0.25) is 0 Å². The summed E-state index contributed by atoms with van der Waals surface area (Å²) < 4.78 is 37.0. The van der Waals surface area contributed by atoms with Gasteiger partial charge in [0, 0.05) is 56.6 Å². The smallest absolute Gasteiger partial charge is 0.339 e. The number of benzene rings is 1. The molecular weight excluding hydrogens is 433 g/mol. The normalized spacial score (nSPS) is 16.8. The molecule has 1 aromatic heterocycles. The van der Waals surface area contributed by atoms with Gasteiger partial charge in [0.1, 0.15) is 0 Å². The van der Waals surface area contributed by atoms with Crippen molar-refractivity contribution in [3.63, 3.8) is 0 Å². The van der Waals surface area contributed by atoms with Crippen LogP contribution in [0, 0.1) is 0 Å². The average Bonchev–Trinajstić information content (AvgIpc) is 2.77. The molecule has 1 aromatic carbocycles. The van der Waals surface area contributed by atoms with Crippen LogP contribution in [0.5, 0.6) is 0 Å². The molecule has 0 spiro atoms. The topological polar surface area (TPSA) is 65.5 Å². The molecule has 3 heterocycles. The number of hydrogen-bond donors (Lipinski definition) is 1. The first-order chi connectivity index (χ1) is 15.8. The van der Waals surface area contributed by atoms with Crippen LogP contribution in [0.15, 0.2) is 54.9 Å². The molecule has 174 valence electrons. The second-order valence-corrected chi connectivity index (χ2v) is 8.33. The van der Waals surface area contributed by atoms with Crippen molar-refractivity contribution in [1.29, 1.82) is 0 Å². The first kappa shape index (κ1) is 22.8. The molecule has 1 saturated heterocycles. The third kappa shape index (κ3) is 5.91. The van der Waals surface area contributed by atoms with Crippen LogP contribution >= 0.6 is 0 Å². The zero-order valence-corrected chi connectivity index (χ0v) is 18.0. The van der Waals surface area contributed by atoms with Crippen molar-refractivity contribution < 1.29 is 22.8 Å². The van der Waals surface area contributed by atoms with Gasteiger partial charge in [-0.2, -0.15) is 13.2 Å². The van der Waals surface area contributed by atoms with Crippen molar-refractivity contribution in [1.82, 2.24) is 14.8 Å². The molecule has 0 bridgehead atoms. The largest absolute Gasteiger partial charge is 0.389 e. The minimum atomic E-state index is -4.32. The van der Waals surface area contributed by atoms with Gasteiger partial charge in [-0.15, -0.1) is 0 Å². The van der Waals surface area contributed by atoms with Gasteiger partial charge in [-0.05, 0) is 41.3 Å². The number of hydrogen-bond acceptors (Lipinski definition) is 3. The second-order valence-electron chi connectivity index (χ2n) is 8.33. The monoisotopic (exact) mass is 458 g/mol. The van der Waals surface area contributed by atoms with Crippen LogP contribution in [0.4, 0.5) is 23.7 Å². The average molecular weight is 458 g/mol. The number of carbonyl (C=O) groups is 2. The van der Waals surface area contributed by atoms with Crippen molar-refractivity contribution in [3.8, 4) is 0 Å². The minimum Gasteiger partial charge on any atom is -0.339 e. The molecule has 0 aliphatic carbocycles. The van der Waals surface area contributed by atoms with E-state index in [2.05, 4.69) is 10.3 Å². The van der Waals surface area contributed by atoms with Crippen molar-refractivity contribution in [2.75, 3.05) is 31.5 Å². The van der Waals surface area contributed by atoms with Gasteiger partial charge < -0.3 is 15.1 Å². The molecule has 2 aliphatic rings. The standard InChI is InChI=1S/C24H25F3N4O2/c25-24(26,27)10-7-22(32)30-12-8-18(9-13-30)17-3-5-21(6-4-17)29-23(33)31-15-20(16-31)19-2-1-11-28-14-19/h1-6,8,11,14,20H,7,9-10,12-13,15-16H2,(H,29,33). The Morgan fingerprint density at radius 1 is 1.09 bits per heavy atom. The van der Waals surface area contributed by atoms with Gasteiger partial charge in [0.15, 0.2) is 0 Å². The molecule has 1 fully saturated rings. The predicted molar refractivity (Wildman–Crippen MR) is 118 cm³/mol. The number of nitrogens with zero attached hydrogens (tertiary/aromatic N) is 3. The van der Waals surface area contributed by atoms with E-state index in [1.54, 1.807) is 11.1 Å². The number of amides is 3. The van der Waals surface area contributed by atoms with E-state index in [0.29, 0.717) is 44.2 Å². The van der Waals surface area contributed by atoms with Crippen LogP contribution in [0.1, 0.15) is 36.3 Å². The predicted octanol–water partition coefficient (Wildman–Crippen LogP) is 4.67. The summed E-state index contributed by atoms with van der Waals surface area (Å²) in [6.07, 6.45) is 0.0906. The van der Waals surface area contributed by atoms with Gasteiger partial charge in [0.25, 0.3) is 0 Å². The number of halogens is 3. The molecule has 9 heteroatoms. The molecular formula is C24H25F3N4O2. The van der Waals surface area contributed by atoms with Crippen molar-refractivity contribution >= 4 is 23.2 Å². The van der Waals surface area contributed by atoms with E-state index >= 15 is 0 Å². The number of nitrogens with one attached hydrogen (secondary N) is 1. The van der Waals surface area contributed by atoms with Crippen molar-refractivity contribution in [2.45, 2.75) is 31.4 Å². The summed E-state index contributed by atoms with van der Waals surface area (Å²) in [4.78, 5) is 31.7. The highest BCUT2D eigenvalue weighted by Gasteiger charge is 2.32. The molecule has 0 unspecified atom stereocenters. The highest BCUT2D eigenvalue weighted by atomic mass is 19.4.